The molecule has 2 aromatic rings. The van der Waals surface area contributed by atoms with Crippen LogP contribution in [-0.4, -0.2) is 64.5 Å². The summed E-state index contributed by atoms with van der Waals surface area (Å²) in [5.74, 6) is 1.53. The number of sulfonamides is 1. The Morgan fingerprint density at radius 1 is 1.07 bits per heavy atom. The van der Waals surface area contributed by atoms with Crippen LogP contribution in [0, 0.1) is 6.92 Å². The Morgan fingerprint density at radius 2 is 1.79 bits per heavy atom. The average Bonchev–Trinajstić information content (AvgIpc) is 3.16. The van der Waals surface area contributed by atoms with Crippen LogP contribution in [-0.2, 0) is 17.1 Å². The van der Waals surface area contributed by atoms with Gasteiger partial charge in [-0.1, -0.05) is 19.3 Å². The summed E-state index contributed by atoms with van der Waals surface area (Å²) in [5, 5.41) is 3.59. The van der Waals surface area contributed by atoms with Crippen LogP contribution in [0.3, 0.4) is 0 Å². The van der Waals surface area contributed by atoms with Gasteiger partial charge >= 0.3 is 0 Å². The minimum atomic E-state index is -3.55. The minimum Gasteiger partial charge on any atom is -0.354 e. The number of hydrogen-bond acceptors (Lipinski definition) is 7. The van der Waals surface area contributed by atoms with Gasteiger partial charge < -0.3 is 14.8 Å². The van der Waals surface area contributed by atoms with Gasteiger partial charge in [-0.2, -0.15) is 9.29 Å². The number of nitrogens with zero attached hydrogens (tertiary/aromatic N) is 6. The van der Waals surface area contributed by atoms with Gasteiger partial charge in [0.15, 0.2) is 5.03 Å². The molecule has 0 spiro atoms. The molecule has 0 amide bonds. The van der Waals surface area contributed by atoms with Crippen molar-refractivity contribution in [3.8, 4) is 0 Å². The zero-order valence-corrected chi connectivity index (χ0v) is 17.9. The van der Waals surface area contributed by atoms with Gasteiger partial charge in [0, 0.05) is 57.2 Å². The summed E-state index contributed by atoms with van der Waals surface area (Å²) in [6.45, 7) is 3.97. The molecule has 1 aliphatic heterocycles. The molecule has 4 rings (SSSR count). The molecule has 1 saturated carbocycles. The third-order valence-electron chi connectivity index (χ3n) is 5.63. The molecular weight excluding hydrogens is 390 g/mol. The van der Waals surface area contributed by atoms with Crippen molar-refractivity contribution >= 4 is 21.8 Å². The van der Waals surface area contributed by atoms with E-state index in [-0.39, 0.29) is 5.03 Å². The Bertz CT molecular complexity index is 945. The van der Waals surface area contributed by atoms with Crippen LogP contribution >= 0.6 is 0 Å². The highest BCUT2D eigenvalue weighted by Gasteiger charge is 2.30. The average molecular weight is 420 g/mol. The van der Waals surface area contributed by atoms with Crippen LogP contribution < -0.4 is 10.2 Å². The number of anilines is 2. The molecule has 2 aromatic heterocycles. The van der Waals surface area contributed by atoms with Crippen LogP contribution in [0.1, 0.15) is 37.8 Å². The van der Waals surface area contributed by atoms with Gasteiger partial charge in [0.25, 0.3) is 10.0 Å². The van der Waals surface area contributed by atoms with Gasteiger partial charge in [0.05, 0.1) is 6.33 Å². The summed E-state index contributed by atoms with van der Waals surface area (Å²) in [4.78, 5) is 15.4. The van der Waals surface area contributed by atoms with Crippen molar-refractivity contribution in [2.24, 2.45) is 7.05 Å². The van der Waals surface area contributed by atoms with Crippen molar-refractivity contribution in [1.29, 1.82) is 0 Å². The summed E-state index contributed by atoms with van der Waals surface area (Å²) in [6, 6.07) is 2.41. The Balaban J connectivity index is 1.43. The van der Waals surface area contributed by atoms with Crippen molar-refractivity contribution < 1.29 is 8.42 Å². The fourth-order valence-electron chi connectivity index (χ4n) is 4.02. The van der Waals surface area contributed by atoms with Gasteiger partial charge in [-0.05, 0) is 19.8 Å². The first-order valence-electron chi connectivity index (χ1n) is 10.3. The third kappa shape index (κ3) is 4.53. The molecule has 0 unspecified atom stereocenters. The lowest BCUT2D eigenvalue weighted by molar-refractivity contribution is 0.382. The molecule has 158 valence electrons. The van der Waals surface area contributed by atoms with E-state index in [9.17, 15) is 8.42 Å². The lowest BCUT2D eigenvalue weighted by Gasteiger charge is -2.34. The predicted molar refractivity (Wildman–Crippen MR) is 111 cm³/mol. The van der Waals surface area contributed by atoms with E-state index in [2.05, 4.69) is 20.2 Å². The second kappa shape index (κ2) is 8.27. The van der Waals surface area contributed by atoms with Crippen molar-refractivity contribution in [3.05, 3.63) is 24.3 Å². The summed E-state index contributed by atoms with van der Waals surface area (Å²) in [7, 11) is -1.79. The zero-order valence-electron chi connectivity index (χ0n) is 17.1. The number of imidazole rings is 1. The molecule has 1 aliphatic carbocycles. The molecule has 29 heavy (non-hydrogen) atoms. The van der Waals surface area contributed by atoms with Crippen molar-refractivity contribution in [1.82, 2.24) is 23.8 Å². The van der Waals surface area contributed by atoms with E-state index in [0.717, 1.165) is 24.4 Å². The molecule has 1 N–H and O–H groups in total. The second-order valence-corrected chi connectivity index (χ2v) is 9.82. The zero-order chi connectivity index (χ0) is 20.4. The van der Waals surface area contributed by atoms with Gasteiger partial charge in [0.1, 0.15) is 5.82 Å². The summed E-state index contributed by atoms with van der Waals surface area (Å²) in [5.41, 5.74) is 0.914. The fourth-order valence-corrected chi connectivity index (χ4v) is 5.41. The highest BCUT2D eigenvalue weighted by atomic mass is 32.2. The Kier molecular flexibility index (Phi) is 5.73. The van der Waals surface area contributed by atoms with Gasteiger partial charge in [0.2, 0.25) is 5.95 Å². The number of aromatic nitrogens is 4. The normalized spacial score (nSPS) is 19.4. The van der Waals surface area contributed by atoms with Crippen LogP contribution in [0.4, 0.5) is 11.8 Å². The van der Waals surface area contributed by atoms with Crippen LogP contribution in [0.2, 0.25) is 0 Å². The van der Waals surface area contributed by atoms with Gasteiger partial charge in [-0.15, -0.1) is 0 Å². The fraction of sp³-hybridized carbons (Fsp3) is 0.632. The van der Waals surface area contributed by atoms with Crippen molar-refractivity contribution in [3.63, 3.8) is 0 Å². The number of rotatable bonds is 5. The summed E-state index contributed by atoms with van der Waals surface area (Å²) < 4.78 is 28.7. The molecule has 10 heteroatoms. The SMILES string of the molecule is Cc1cc(N2CCN(S(=O)(=O)c3cn(C)cn3)CC2)nc(NC2CCCCC2)n1. The lowest BCUT2D eigenvalue weighted by atomic mass is 9.96. The number of piperazine rings is 1. The first-order chi connectivity index (χ1) is 13.9. The number of hydrogen-bond donors (Lipinski definition) is 1. The molecule has 9 nitrogen and oxygen atoms in total. The second-order valence-electron chi connectivity index (χ2n) is 7.94. The van der Waals surface area contributed by atoms with Crippen LogP contribution in [0.5, 0.6) is 0 Å². The molecule has 1 saturated heterocycles. The van der Waals surface area contributed by atoms with Gasteiger partial charge in [-0.3, -0.25) is 0 Å². The first-order valence-corrected chi connectivity index (χ1v) is 11.7. The van der Waals surface area contributed by atoms with Crippen molar-refractivity contribution in [2.75, 3.05) is 36.4 Å². The maximum absolute atomic E-state index is 12.8. The monoisotopic (exact) mass is 419 g/mol. The molecule has 0 aromatic carbocycles. The molecule has 0 bridgehead atoms. The maximum Gasteiger partial charge on any atom is 0.262 e. The van der Waals surface area contributed by atoms with Crippen LogP contribution in [0.25, 0.3) is 0 Å². The van der Waals surface area contributed by atoms with E-state index in [1.165, 1.54) is 29.9 Å². The van der Waals surface area contributed by atoms with E-state index >= 15 is 0 Å². The quantitative estimate of drug-likeness (QED) is 0.789. The molecule has 0 radical (unpaired) electrons. The van der Waals surface area contributed by atoms with E-state index in [1.807, 2.05) is 13.0 Å². The number of nitrogens with one attached hydrogen (secondary N) is 1. The standard InChI is InChI=1S/C19H29N7O2S/c1-15-12-17(23-19(21-15)22-16-6-4-3-5-7-16)25-8-10-26(11-9-25)29(27,28)18-13-24(2)14-20-18/h12-14,16H,3-11H2,1-2H3,(H,21,22,23). The minimum absolute atomic E-state index is 0.102. The summed E-state index contributed by atoms with van der Waals surface area (Å²) in [6.07, 6.45) is 9.19. The molecule has 2 fully saturated rings. The topological polar surface area (TPSA) is 96.3 Å². The molecule has 0 atom stereocenters. The van der Waals surface area contributed by atoms with Crippen LogP contribution in [0.15, 0.2) is 23.6 Å². The van der Waals surface area contributed by atoms with E-state index in [4.69, 9.17) is 4.98 Å². The van der Waals surface area contributed by atoms with E-state index in [0.29, 0.717) is 38.2 Å². The Morgan fingerprint density at radius 3 is 2.45 bits per heavy atom. The lowest BCUT2D eigenvalue weighted by Crippen LogP contribution is -2.49. The Hall–Kier alpha value is -2.20. The van der Waals surface area contributed by atoms with E-state index in [1.54, 1.807) is 17.8 Å². The first kappa shape index (κ1) is 20.1. The smallest absolute Gasteiger partial charge is 0.262 e. The third-order valence-corrected chi connectivity index (χ3v) is 7.41. The maximum atomic E-state index is 12.8. The molecule has 3 heterocycles. The number of aryl methyl sites for hydroxylation is 2. The Labute approximate surface area is 172 Å². The van der Waals surface area contributed by atoms with Crippen molar-refractivity contribution in [2.45, 2.75) is 50.1 Å². The van der Waals surface area contributed by atoms with E-state index < -0.39 is 10.0 Å². The van der Waals surface area contributed by atoms with Gasteiger partial charge in [-0.25, -0.2) is 18.4 Å². The highest BCUT2D eigenvalue weighted by Crippen LogP contribution is 2.23. The highest BCUT2D eigenvalue weighted by molar-refractivity contribution is 7.89. The largest absolute Gasteiger partial charge is 0.354 e. The molecule has 2 aliphatic rings. The summed E-state index contributed by atoms with van der Waals surface area (Å²) >= 11 is 0. The predicted octanol–water partition coefficient (Wildman–Crippen LogP) is 1.77. The molecular formula is C19H29N7O2S.